The van der Waals surface area contributed by atoms with E-state index in [9.17, 15) is 0 Å². The van der Waals surface area contributed by atoms with Gasteiger partial charge in [0.2, 0.25) is 0 Å². The highest BCUT2D eigenvalue weighted by Crippen LogP contribution is 2.31. The predicted octanol–water partition coefficient (Wildman–Crippen LogP) is 3.77. The summed E-state index contributed by atoms with van der Waals surface area (Å²) in [7, 11) is -2.98. The van der Waals surface area contributed by atoms with Crippen LogP contribution in [-0.4, -0.2) is 41.0 Å². The molecule has 0 spiro atoms. The highest BCUT2D eigenvalue weighted by atomic mass is 28.5. The minimum Gasteiger partial charge on any atom is -0.378 e. The Labute approximate surface area is 130 Å². The minimum absolute atomic E-state index is 0.199. The Hall–Kier alpha value is -0.726. The van der Waals surface area contributed by atoms with Gasteiger partial charge in [-0.15, -0.1) is 0 Å². The minimum atomic E-state index is -4.66. The molecule has 21 heavy (non-hydrogen) atoms. The summed E-state index contributed by atoms with van der Waals surface area (Å²) in [6.07, 6.45) is 0. The van der Waals surface area contributed by atoms with Crippen molar-refractivity contribution in [2.75, 3.05) is 19.0 Å². The smallest absolute Gasteiger partial charge is 0.378 e. The monoisotopic (exact) mass is 330 g/mol. The van der Waals surface area contributed by atoms with Crippen molar-refractivity contribution in [2.24, 2.45) is 0 Å². The van der Waals surface area contributed by atoms with E-state index in [-0.39, 0.29) is 5.19 Å². The molecule has 0 aliphatic carbocycles. The van der Waals surface area contributed by atoms with Gasteiger partial charge in [0.05, 0.1) is 0 Å². The average Bonchev–Trinajstić information content (AvgIpc) is 2.24. The first-order valence-electron chi connectivity index (χ1n) is 7.24. The molecule has 0 bridgehead atoms. The highest BCUT2D eigenvalue weighted by molar-refractivity contribution is 6.91. The third-order valence-corrected chi connectivity index (χ3v) is 10.5. The lowest BCUT2D eigenvalue weighted by molar-refractivity contribution is 0.300. The number of halogens is 2. The molecule has 0 saturated heterocycles. The maximum atomic E-state index is 15.2. The Balaban J connectivity index is 3.29. The Morgan fingerprint density at radius 3 is 1.62 bits per heavy atom. The summed E-state index contributed by atoms with van der Waals surface area (Å²) in [5.41, 5.74) is 0.416. The van der Waals surface area contributed by atoms with Crippen LogP contribution < -0.4 is 10.1 Å². The van der Waals surface area contributed by atoms with Crippen molar-refractivity contribution in [3.8, 4) is 0 Å². The molecule has 1 rings (SSSR count). The van der Waals surface area contributed by atoms with Crippen LogP contribution in [0.15, 0.2) is 24.3 Å². The van der Waals surface area contributed by atoms with Crippen molar-refractivity contribution < 1.29 is 8.22 Å². The van der Waals surface area contributed by atoms with E-state index in [1.165, 1.54) is 0 Å². The van der Waals surface area contributed by atoms with E-state index in [1.807, 2.05) is 59.4 Å². The number of nitrogens with zero attached hydrogens (tertiary/aromatic N) is 2. The fourth-order valence-corrected chi connectivity index (χ4v) is 10.4. The van der Waals surface area contributed by atoms with E-state index in [2.05, 4.69) is 0 Å². The molecule has 0 saturated carbocycles. The molecule has 120 valence electrons. The number of rotatable bonds is 4. The Kier molecular flexibility index (Phi) is 5.07. The number of hydrogen-bond acceptors (Lipinski definition) is 2. The maximum absolute atomic E-state index is 15.2. The zero-order valence-corrected chi connectivity index (χ0v) is 16.5. The molecule has 0 N–H and O–H groups in total. The molecule has 1 aromatic carbocycles. The number of benzene rings is 1. The van der Waals surface area contributed by atoms with Gasteiger partial charge in [0.1, 0.15) is 8.24 Å². The molecule has 0 aromatic heterocycles. The molecule has 0 aliphatic rings. The summed E-state index contributed by atoms with van der Waals surface area (Å²) in [4.78, 5) is 1.92. The molecule has 0 amide bonds. The van der Waals surface area contributed by atoms with Gasteiger partial charge in [0, 0.05) is 30.5 Å². The maximum Gasteiger partial charge on any atom is 0.534 e. The van der Waals surface area contributed by atoms with Crippen LogP contribution in [0.5, 0.6) is 0 Å². The average molecular weight is 331 g/mol. The molecule has 0 fully saturated rings. The van der Waals surface area contributed by atoms with Gasteiger partial charge in [-0.2, -0.15) is 0 Å². The number of anilines is 1. The van der Waals surface area contributed by atoms with Crippen molar-refractivity contribution in [3.05, 3.63) is 24.3 Å². The molecule has 0 radical (unpaired) electrons. The second-order valence-electron chi connectivity index (χ2n) is 7.66. The van der Waals surface area contributed by atoms with Gasteiger partial charge in [-0.05, 0) is 32.9 Å². The Morgan fingerprint density at radius 1 is 0.905 bits per heavy atom. The quantitative estimate of drug-likeness (QED) is 0.612. The van der Waals surface area contributed by atoms with E-state index >= 15 is 8.22 Å². The fraction of sp³-hybridized carbons (Fsp3) is 0.600. The highest BCUT2D eigenvalue weighted by Gasteiger charge is 2.55. The van der Waals surface area contributed by atoms with Crippen LogP contribution >= 0.6 is 0 Å². The van der Waals surface area contributed by atoms with E-state index in [0.29, 0.717) is 0 Å². The summed E-state index contributed by atoms with van der Waals surface area (Å²) in [6, 6.07) is 6.75. The molecule has 0 atom stereocenters. The van der Waals surface area contributed by atoms with Crippen molar-refractivity contribution in [1.82, 2.24) is 4.23 Å². The SMILES string of the molecule is CN(C)c1ccc([Si](F)(F)N(C(C)(C)C)[Si](C)(C)C)cc1. The van der Waals surface area contributed by atoms with E-state index in [1.54, 1.807) is 28.5 Å². The summed E-state index contributed by atoms with van der Waals surface area (Å²) in [6.45, 7) is 11.6. The third kappa shape index (κ3) is 4.14. The van der Waals surface area contributed by atoms with Crippen LogP contribution in [0.25, 0.3) is 0 Å². The van der Waals surface area contributed by atoms with Gasteiger partial charge in [-0.3, -0.25) is 4.23 Å². The first-order chi connectivity index (χ1) is 9.28. The van der Waals surface area contributed by atoms with Crippen molar-refractivity contribution >= 4 is 28.0 Å². The molecule has 1 aromatic rings. The molecule has 6 heteroatoms. The first kappa shape index (κ1) is 18.3. The van der Waals surface area contributed by atoms with Gasteiger partial charge in [-0.1, -0.05) is 31.8 Å². The molecular formula is C15H28F2N2Si2. The van der Waals surface area contributed by atoms with E-state index in [4.69, 9.17) is 0 Å². The van der Waals surface area contributed by atoms with Crippen LogP contribution in [0, 0.1) is 0 Å². The van der Waals surface area contributed by atoms with E-state index < -0.39 is 22.7 Å². The summed E-state index contributed by atoms with van der Waals surface area (Å²) in [5.74, 6) is 0. The van der Waals surface area contributed by atoms with Gasteiger partial charge in [0.15, 0.2) is 0 Å². The second-order valence-corrected chi connectivity index (χ2v) is 15.0. The Morgan fingerprint density at radius 2 is 1.33 bits per heavy atom. The van der Waals surface area contributed by atoms with E-state index in [0.717, 1.165) is 5.69 Å². The largest absolute Gasteiger partial charge is 0.534 e. The normalized spacial score (nSPS) is 13.7. The third-order valence-electron chi connectivity index (χ3n) is 3.35. The zero-order chi connectivity index (χ0) is 16.6. The zero-order valence-electron chi connectivity index (χ0n) is 14.5. The summed E-state index contributed by atoms with van der Waals surface area (Å²) >= 11 is 0. The van der Waals surface area contributed by atoms with Crippen molar-refractivity contribution in [1.29, 1.82) is 0 Å². The van der Waals surface area contributed by atoms with Gasteiger partial charge >= 0.3 is 8.90 Å². The molecule has 0 heterocycles. The Bertz CT molecular complexity index is 460. The van der Waals surface area contributed by atoms with Crippen LogP contribution in [0.3, 0.4) is 0 Å². The fourth-order valence-electron chi connectivity index (χ4n) is 2.94. The number of hydrogen-bond donors (Lipinski definition) is 0. The lowest BCUT2D eigenvalue weighted by Crippen LogP contribution is -2.70. The lowest BCUT2D eigenvalue weighted by atomic mass is 10.1. The molecule has 0 aliphatic heterocycles. The molecule has 2 nitrogen and oxygen atoms in total. The summed E-state index contributed by atoms with van der Waals surface area (Å²) in [5, 5.41) is 0.199. The topological polar surface area (TPSA) is 6.48 Å². The second kappa shape index (κ2) is 5.81. The predicted molar refractivity (Wildman–Crippen MR) is 93.3 cm³/mol. The van der Waals surface area contributed by atoms with Crippen LogP contribution in [0.1, 0.15) is 20.8 Å². The summed E-state index contributed by atoms with van der Waals surface area (Å²) < 4.78 is 32.0. The van der Waals surface area contributed by atoms with Gasteiger partial charge in [0.25, 0.3) is 0 Å². The lowest BCUT2D eigenvalue weighted by Gasteiger charge is -2.47. The first-order valence-corrected chi connectivity index (χ1v) is 12.4. The molecular weight excluding hydrogens is 302 g/mol. The van der Waals surface area contributed by atoms with Crippen molar-refractivity contribution in [2.45, 2.75) is 46.0 Å². The van der Waals surface area contributed by atoms with Crippen LogP contribution in [-0.2, 0) is 0 Å². The van der Waals surface area contributed by atoms with Gasteiger partial charge in [-0.25, -0.2) is 8.22 Å². The van der Waals surface area contributed by atoms with Crippen LogP contribution in [0.2, 0.25) is 19.6 Å². The van der Waals surface area contributed by atoms with Gasteiger partial charge < -0.3 is 4.90 Å². The van der Waals surface area contributed by atoms with Crippen LogP contribution in [0.4, 0.5) is 13.9 Å². The van der Waals surface area contributed by atoms with Crippen molar-refractivity contribution in [3.63, 3.8) is 0 Å². The molecule has 0 unspecified atom stereocenters. The standard InChI is InChI=1S/C15H28F2N2Si2/c1-15(2,3)19(20(6,7)8)21(16,17)14-11-9-13(10-12-14)18(4)5/h9-12H,1-8H3.